The van der Waals surface area contributed by atoms with Crippen molar-refractivity contribution in [1.82, 2.24) is 0 Å². The van der Waals surface area contributed by atoms with Gasteiger partial charge >= 0.3 is 0 Å². The maximum atomic E-state index is 2.34. The monoisotopic (exact) mass is 224 g/mol. The van der Waals surface area contributed by atoms with Crippen LogP contribution in [0.4, 0.5) is 0 Å². The molecule has 0 unspecified atom stereocenters. The average Bonchev–Trinajstić information content (AvgIpc) is 2.39. The summed E-state index contributed by atoms with van der Waals surface area (Å²) in [5.41, 5.74) is 2.94. The molecule has 2 aromatic carbocycles. The highest BCUT2D eigenvalue weighted by atomic mass is 14.2. The van der Waals surface area contributed by atoms with Gasteiger partial charge in [0.2, 0.25) is 0 Å². The van der Waals surface area contributed by atoms with Gasteiger partial charge in [-0.05, 0) is 42.0 Å². The van der Waals surface area contributed by atoms with Gasteiger partial charge in [0.15, 0.2) is 0 Å². The second-order valence-corrected chi connectivity index (χ2v) is 5.41. The molecule has 2 aromatic rings. The topological polar surface area (TPSA) is 0 Å². The van der Waals surface area contributed by atoms with Crippen molar-refractivity contribution in [2.45, 2.75) is 44.9 Å². The van der Waals surface area contributed by atoms with E-state index >= 15 is 0 Å². The highest BCUT2D eigenvalue weighted by molar-refractivity contribution is 5.86. The Hall–Kier alpha value is -1.30. The summed E-state index contributed by atoms with van der Waals surface area (Å²) in [5, 5.41) is 2.89. The first kappa shape index (κ1) is 10.8. The zero-order valence-electron chi connectivity index (χ0n) is 10.6. The Bertz CT molecular complexity index is 519. The van der Waals surface area contributed by atoms with Crippen molar-refractivity contribution < 1.29 is 0 Å². The van der Waals surface area contributed by atoms with E-state index in [2.05, 4.69) is 43.3 Å². The molecular weight excluding hydrogens is 204 g/mol. The van der Waals surface area contributed by atoms with Crippen molar-refractivity contribution in [3.63, 3.8) is 0 Å². The standard InChI is InChI=1S/C17H20/c1-13-10-11-17-15(12-13)8-5-9-16(17)14-6-3-2-4-7-14/h5,8-12,14H,2-4,6-7H2,1H3. The summed E-state index contributed by atoms with van der Waals surface area (Å²) in [6, 6.07) is 13.7. The molecule has 0 bridgehead atoms. The Kier molecular flexibility index (Phi) is 2.88. The number of benzene rings is 2. The quantitative estimate of drug-likeness (QED) is 0.625. The van der Waals surface area contributed by atoms with Crippen molar-refractivity contribution >= 4 is 10.8 Å². The molecule has 3 rings (SSSR count). The first-order valence-electron chi connectivity index (χ1n) is 6.84. The predicted octanol–water partition coefficient (Wildman–Crippen LogP) is 5.20. The molecule has 0 amide bonds. The average molecular weight is 224 g/mol. The SMILES string of the molecule is Cc1ccc2c(C3CCCCC3)cccc2c1. The molecule has 0 N–H and O–H groups in total. The van der Waals surface area contributed by atoms with Gasteiger partial charge in [-0.3, -0.25) is 0 Å². The van der Waals surface area contributed by atoms with E-state index in [-0.39, 0.29) is 0 Å². The largest absolute Gasteiger partial charge is 0.0613 e. The molecule has 0 nitrogen and oxygen atoms in total. The van der Waals surface area contributed by atoms with Crippen LogP contribution in [0.1, 0.15) is 49.1 Å². The Labute approximate surface area is 104 Å². The van der Waals surface area contributed by atoms with Crippen LogP contribution in [0, 0.1) is 6.92 Å². The van der Waals surface area contributed by atoms with Gasteiger partial charge in [0, 0.05) is 0 Å². The lowest BCUT2D eigenvalue weighted by Gasteiger charge is -2.23. The number of hydrogen-bond acceptors (Lipinski definition) is 0. The molecule has 0 spiro atoms. The summed E-state index contributed by atoms with van der Waals surface area (Å²) in [5.74, 6) is 0.801. The van der Waals surface area contributed by atoms with Crippen molar-refractivity contribution in [3.8, 4) is 0 Å². The van der Waals surface area contributed by atoms with Crippen LogP contribution in [0.3, 0.4) is 0 Å². The first-order chi connectivity index (χ1) is 8.34. The molecule has 17 heavy (non-hydrogen) atoms. The minimum atomic E-state index is 0.801. The van der Waals surface area contributed by atoms with Gasteiger partial charge in [0.05, 0.1) is 0 Å². The number of aryl methyl sites for hydroxylation is 1. The fourth-order valence-electron chi connectivity index (χ4n) is 3.20. The molecule has 0 saturated heterocycles. The lowest BCUT2D eigenvalue weighted by atomic mass is 9.82. The number of fused-ring (bicyclic) bond motifs is 1. The summed E-state index contributed by atoms with van der Waals surface area (Å²) >= 11 is 0. The Balaban J connectivity index is 2.09. The van der Waals surface area contributed by atoms with Crippen molar-refractivity contribution in [3.05, 3.63) is 47.5 Å². The van der Waals surface area contributed by atoms with E-state index in [4.69, 9.17) is 0 Å². The smallest absolute Gasteiger partial charge is 0.0149 e. The Morgan fingerprint density at radius 3 is 2.59 bits per heavy atom. The lowest BCUT2D eigenvalue weighted by Crippen LogP contribution is -2.04. The molecular formula is C17H20. The fraction of sp³-hybridized carbons (Fsp3) is 0.412. The fourth-order valence-corrected chi connectivity index (χ4v) is 3.20. The van der Waals surface area contributed by atoms with E-state index in [0.29, 0.717) is 0 Å². The summed E-state index contributed by atoms with van der Waals surface area (Å²) in [6.45, 7) is 2.17. The molecule has 0 radical (unpaired) electrons. The second kappa shape index (κ2) is 4.52. The van der Waals surface area contributed by atoms with E-state index in [0.717, 1.165) is 5.92 Å². The molecule has 1 aliphatic rings. The summed E-state index contributed by atoms with van der Waals surface area (Å²) in [6.07, 6.45) is 7.01. The van der Waals surface area contributed by atoms with E-state index in [1.807, 2.05) is 0 Å². The zero-order chi connectivity index (χ0) is 11.7. The van der Waals surface area contributed by atoms with Crippen molar-refractivity contribution in [2.24, 2.45) is 0 Å². The van der Waals surface area contributed by atoms with Crippen LogP contribution in [0.15, 0.2) is 36.4 Å². The zero-order valence-corrected chi connectivity index (χ0v) is 10.6. The minimum absolute atomic E-state index is 0.801. The number of rotatable bonds is 1. The van der Waals surface area contributed by atoms with Crippen LogP contribution < -0.4 is 0 Å². The molecule has 88 valence electrons. The Morgan fingerprint density at radius 2 is 1.76 bits per heavy atom. The summed E-state index contributed by atoms with van der Waals surface area (Å²) in [4.78, 5) is 0. The highest BCUT2D eigenvalue weighted by Crippen LogP contribution is 2.36. The highest BCUT2D eigenvalue weighted by Gasteiger charge is 2.17. The van der Waals surface area contributed by atoms with Gasteiger partial charge in [0.25, 0.3) is 0 Å². The Morgan fingerprint density at radius 1 is 0.941 bits per heavy atom. The number of hydrogen-bond donors (Lipinski definition) is 0. The van der Waals surface area contributed by atoms with Gasteiger partial charge in [-0.25, -0.2) is 0 Å². The van der Waals surface area contributed by atoms with Crippen LogP contribution in [-0.4, -0.2) is 0 Å². The van der Waals surface area contributed by atoms with Crippen LogP contribution in [0.2, 0.25) is 0 Å². The molecule has 0 aliphatic heterocycles. The minimum Gasteiger partial charge on any atom is -0.0613 e. The molecule has 1 saturated carbocycles. The van der Waals surface area contributed by atoms with E-state index in [9.17, 15) is 0 Å². The van der Waals surface area contributed by atoms with Crippen LogP contribution in [0.5, 0.6) is 0 Å². The van der Waals surface area contributed by atoms with Crippen LogP contribution in [-0.2, 0) is 0 Å². The lowest BCUT2D eigenvalue weighted by molar-refractivity contribution is 0.445. The van der Waals surface area contributed by atoms with Gasteiger partial charge in [-0.2, -0.15) is 0 Å². The van der Waals surface area contributed by atoms with Gasteiger partial charge in [-0.1, -0.05) is 61.2 Å². The molecule has 1 aliphatic carbocycles. The molecule has 0 heterocycles. The second-order valence-electron chi connectivity index (χ2n) is 5.41. The van der Waals surface area contributed by atoms with E-state index in [1.54, 1.807) is 5.56 Å². The molecule has 0 heteroatoms. The molecule has 0 atom stereocenters. The maximum Gasteiger partial charge on any atom is -0.0149 e. The third-order valence-corrected chi connectivity index (χ3v) is 4.11. The molecule has 0 aromatic heterocycles. The third-order valence-electron chi connectivity index (χ3n) is 4.11. The van der Waals surface area contributed by atoms with E-state index < -0.39 is 0 Å². The maximum absolute atomic E-state index is 2.34. The van der Waals surface area contributed by atoms with Gasteiger partial charge in [-0.15, -0.1) is 0 Å². The van der Waals surface area contributed by atoms with Crippen LogP contribution >= 0.6 is 0 Å². The third kappa shape index (κ3) is 2.09. The summed E-state index contributed by atoms with van der Waals surface area (Å²) in [7, 11) is 0. The van der Waals surface area contributed by atoms with Gasteiger partial charge in [0.1, 0.15) is 0 Å². The predicted molar refractivity (Wildman–Crippen MR) is 74.5 cm³/mol. The van der Waals surface area contributed by atoms with Crippen molar-refractivity contribution in [1.29, 1.82) is 0 Å². The van der Waals surface area contributed by atoms with Crippen LogP contribution in [0.25, 0.3) is 10.8 Å². The van der Waals surface area contributed by atoms with Gasteiger partial charge < -0.3 is 0 Å². The van der Waals surface area contributed by atoms with E-state index in [1.165, 1.54) is 48.4 Å². The normalized spacial score (nSPS) is 17.5. The molecule has 1 fully saturated rings. The summed E-state index contributed by atoms with van der Waals surface area (Å²) < 4.78 is 0. The first-order valence-corrected chi connectivity index (χ1v) is 6.84. The van der Waals surface area contributed by atoms with Crippen molar-refractivity contribution in [2.75, 3.05) is 0 Å².